The number of amides is 2. The van der Waals surface area contributed by atoms with E-state index in [0.717, 1.165) is 16.1 Å². The van der Waals surface area contributed by atoms with Gasteiger partial charge in [-0.15, -0.1) is 0 Å². The molecule has 0 aliphatic heterocycles. The van der Waals surface area contributed by atoms with E-state index in [0.29, 0.717) is 12.3 Å². The zero-order valence-electron chi connectivity index (χ0n) is 18.8. The highest BCUT2D eigenvalue weighted by molar-refractivity contribution is 7.92. The lowest BCUT2D eigenvalue weighted by atomic mass is 10.1. The number of benzene rings is 2. The van der Waals surface area contributed by atoms with Crippen molar-refractivity contribution in [2.24, 2.45) is 0 Å². The number of hydrogen-bond donors (Lipinski definition) is 1. The molecule has 0 spiro atoms. The average Bonchev–Trinajstić information content (AvgIpc) is 2.76. The van der Waals surface area contributed by atoms with Gasteiger partial charge in [0.1, 0.15) is 18.3 Å². The Labute approximate surface area is 204 Å². The fourth-order valence-corrected chi connectivity index (χ4v) is 4.39. The van der Waals surface area contributed by atoms with Crippen LogP contribution in [0.5, 0.6) is 5.75 Å². The molecule has 0 aliphatic rings. The SMILES string of the molecule is CCNC(=O)C(C)N(Cc1ccc(OC)cc1)C(=O)CN(c1cc(Cl)ccc1Cl)S(C)(=O)=O. The molecule has 2 rings (SSSR count). The van der Waals surface area contributed by atoms with Crippen molar-refractivity contribution in [2.45, 2.75) is 26.4 Å². The molecule has 2 aromatic rings. The normalized spacial score (nSPS) is 12.1. The number of ether oxygens (including phenoxy) is 1. The van der Waals surface area contributed by atoms with Gasteiger partial charge in [-0.2, -0.15) is 0 Å². The summed E-state index contributed by atoms with van der Waals surface area (Å²) in [5, 5.41) is 3.08. The fourth-order valence-electron chi connectivity index (χ4n) is 3.10. The highest BCUT2D eigenvalue weighted by Gasteiger charge is 2.30. The predicted octanol–water partition coefficient (Wildman–Crippen LogP) is 3.32. The quantitative estimate of drug-likeness (QED) is 0.523. The van der Waals surface area contributed by atoms with Crippen LogP contribution < -0.4 is 14.4 Å². The van der Waals surface area contributed by atoms with Crippen molar-refractivity contribution in [1.82, 2.24) is 10.2 Å². The Morgan fingerprint density at radius 3 is 2.30 bits per heavy atom. The molecule has 0 fully saturated rings. The molecule has 180 valence electrons. The first-order valence-electron chi connectivity index (χ1n) is 10.1. The molecule has 0 aromatic heterocycles. The smallest absolute Gasteiger partial charge is 0.244 e. The Bertz CT molecular complexity index is 1090. The van der Waals surface area contributed by atoms with Crippen LogP contribution in [0.15, 0.2) is 42.5 Å². The van der Waals surface area contributed by atoms with Crippen LogP contribution in [0, 0.1) is 0 Å². The van der Waals surface area contributed by atoms with Crippen LogP contribution in [-0.2, 0) is 26.2 Å². The van der Waals surface area contributed by atoms with E-state index in [1.54, 1.807) is 45.2 Å². The Morgan fingerprint density at radius 2 is 1.76 bits per heavy atom. The fraction of sp³-hybridized carbons (Fsp3) is 0.364. The van der Waals surface area contributed by atoms with E-state index >= 15 is 0 Å². The van der Waals surface area contributed by atoms with Gasteiger partial charge in [-0.25, -0.2) is 8.42 Å². The Balaban J connectivity index is 2.41. The van der Waals surface area contributed by atoms with Crippen LogP contribution in [0.25, 0.3) is 0 Å². The lowest BCUT2D eigenvalue weighted by molar-refractivity contribution is -0.139. The number of carbonyl (C=O) groups excluding carboxylic acids is 2. The van der Waals surface area contributed by atoms with Crippen molar-refractivity contribution < 1.29 is 22.7 Å². The van der Waals surface area contributed by atoms with Crippen molar-refractivity contribution in [3.8, 4) is 5.75 Å². The molecule has 1 atom stereocenters. The van der Waals surface area contributed by atoms with Crippen molar-refractivity contribution in [3.05, 3.63) is 58.1 Å². The topological polar surface area (TPSA) is 96.0 Å². The van der Waals surface area contributed by atoms with E-state index in [4.69, 9.17) is 27.9 Å². The molecular weight excluding hydrogens is 489 g/mol. The third-order valence-electron chi connectivity index (χ3n) is 4.89. The number of carbonyl (C=O) groups is 2. The molecule has 0 saturated carbocycles. The van der Waals surface area contributed by atoms with Gasteiger partial charge in [0.25, 0.3) is 0 Å². The molecule has 2 amide bonds. The van der Waals surface area contributed by atoms with Crippen molar-refractivity contribution >= 4 is 50.7 Å². The number of hydrogen-bond acceptors (Lipinski definition) is 5. The summed E-state index contributed by atoms with van der Waals surface area (Å²) in [5.74, 6) is -0.288. The molecular formula is C22H27Cl2N3O5S. The lowest BCUT2D eigenvalue weighted by Gasteiger charge is -2.31. The first-order chi connectivity index (χ1) is 15.5. The minimum atomic E-state index is -3.90. The van der Waals surface area contributed by atoms with Crippen LogP contribution in [0.2, 0.25) is 10.0 Å². The van der Waals surface area contributed by atoms with Crippen LogP contribution >= 0.6 is 23.2 Å². The third-order valence-corrected chi connectivity index (χ3v) is 6.57. The zero-order chi connectivity index (χ0) is 24.8. The average molecular weight is 516 g/mol. The standard InChI is InChI=1S/C22H27Cl2N3O5S/c1-5-25-22(29)15(2)26(13-16-6-9-18(32-3)10-7-16)21(28)14-27(33(4,30)31)20-12-17(23)8-11-19(20)24/h6-12,15H,5,13-14H2,1-4H3,(H,25,29). The van der Waals surface area contributed by atoms with Gasteiger partial charge in [0.2, 0.25) is 21.8 Å². The second-order valence-electron chi connectivity index (χ2n) is 7.31. The van der Waals surface area contributed by atoms with Gasteiger partial charge in [-0.3, -0.25) is 13.9 Å². The molecule has 0 aliphatic carbocycles. The Kier molecular flexibility index (Phi) is 9.39. The maximum Gasteiger partial charge on any atom is 0.244 e. The molecule has 0 radical (unpaired) electrons. The molecule has 0 heterocycles. The van der Waals surface area contributed by atoms with Crippen LogP contribution in [0.4, 0.5) is 5.69 Å². The number of methoxy groups -OCH3 is 1. The van der Waals surface area contributed by atoms with E-state index in [-0.39, 0.29) is 28.2 Å². The first-order valence-corrected chi connectivity index (χ1v) is 12.7. The number of nitrogens with one attached hydrogen (secondary N) is 1. The molecule has 2 aromatic carbocycles. The van der Waals surface area contributed by atoms with Crippen LogP contribution in [0.3, 0.4) is 0 Å². The number of halogens is 2. The Hall–Kier alpha value is -2.49. The van der Waals surface area contributed by atoms with Crippen molar-refractivity contribution in [2.75, 3.05) is 30.8 Å². The zero-order valence-corrected chi connectivity index (χ0v) is 21.2. The molecule has 11 heteroatoms. The number of likely N-dealkylation sites (N-methyl/N-ethyl adjacent to an activating group) is 1. The minimum Gasteiger partial charge on any atom is -0.497 e. The highest BCUT2D eigenvalue weighted by atomic mass is 35.5. The van der Waals surface area contributed by atoms with Gasteiger partial charge in [-0.05, 0) is 49.7 Å². The second kappa shape index (κ2) is 11.6. The van der Waals surface area contributed by atoms with Crippen LogP contribution in [0.1, 0.15) is 19.4 Å². The lowest BCUT2D eigenvalue weighted by Crippen LogP contribution is -2.51. The Morgan fingerprint density at radius 1 is 1.12 bits per heavy atom. The van der Waals surface area contributed by atoms with Gasteiger partial charge >= 0.3 is 0 Å². The molecule has 0 bridgehead atoms. The molecule has 0 saturated heterocycles. The number of anilines is 1. The van der Waals surface area contributed by atoms with Gasteiger partial charge in [-0.1, -0.05) is 35.3 Å². The van der Waals surface area contributed by atoms with E-state index in [1.807, 2.05) is 0 Å². The number of rotatable bonds is 10. The summed E-state index contributed by atoms with van der Waals surface area (Å²) in [5.41, 5.74) is 0.821. The predicted molar refractivity (Wildman–Crippen MR) is 130 cm³/mol. The van der Waals surface area contributed by atoms with Crippen molar-refractivity contribution in [3.63, 3.8) is 0 Å². The van der Waals surface area contributed by atoms with E-state index in [9.17, 15) is 18.0 Å². The van der Waals surface area contributed by atoms with Gasteiger partial charge in [0, 0.05) is 18.1 Å². The minimum absolute atomic E-state index is 0.0788. The monoisotopic (exact) mass is 515 g/mol. The van der Waals surface area contributed by atoms with E-state index in [2.05, 4.69) is 5.32 Å². The second-order valence-corrected chi connectivity index (χ2v) is 10.1. The third kappa shape index (κ3) is 7.25. The van der Waals surface area contributed by atoms with Gasteiger partial charge in [0.15, 0.2) is 0 Å². The summed E-state index contributed by atoms with van der Waals surface area (Å²) >= 11 is 12.2. The van der Waals surface area contributed by atoms with E-state index in [1.165, 1.54) is 23.1 Å². The first kappa shape index (κ1) is 26.8. The van der Waals surface area contributed by atoms with Gasteiger partial charge < -0.3 is 15.0 Å². The highest BCUT2D eigenvalue weighted by Crippen LogP contribution is 2.31. The molecule has 33 heavy (non-hydrogen) atoms. The van der Waals surface area contributed by atoms with Gasteiger partial charge in [0.05, 0.1) is 24.1 Å². The number of sulfonamides is 1. The summed E-state index contributed by atoms with van der Waals surface area (Å²) < 4.78 is 31.1. The van der Waals surface area contributed by atoms with Crippen molar-refractivity contribution in [1.29, 1.82) is 0 Å². The molecule has 1 N–H and O–H groups in total. The summed E-state index contributed by atoms with van der Waals surface area (Å²) in [4.78, 5) is 27.2. The summed E-state index contributed by atoms with van der Waals surface area (Å²) in [6.45, 7) is 3.28. The van der Waals surface area contributed by atoms with Crippen LogP contribution in [-0.4, -0.2) is 57.6 Å². The number of nitrogens with zero attached hydrogens (tertiary/aromatic N) is 2. The van der Waals surface area contributed by atoms with E-state index < -0.39 is 28.5 Å². The summed E-state index contributed by atoms with van der Waals surface area (Å²) in [7, 11) is -2.35. The summed E-state index contributed by atoms with van der Waals surface area (Å²) in [6.07, 6.45) is 0.971. The molecule has 8 nitrogen and oxygen atoms in total. The largest absolute Gasteiger partial charge is 0.497 e. The molecule has 1 unspecified atom stereocenters. The maximum atomic E-state index is 13.4. The maximum absolute atomic E-state index is 13.4. The summed E-state index contributed by atoms with van der Waals surface area (Å²) in [6, 6.07) is 10.5.